The molecule has 0 fully saturated rings. The lowest BCUT2D eigenvalue weighted by atomic mass is 9.97. The number of rotatable bonds is 7. The first-order valence-electron chi connectivity index (χ1n) is 8.84. The number of hydrogen-bond donors (Lipinski definition) is 1. The molecular formula is C23H22O4. The van der Waals surface area contributed by atoms with Crippen molar-refractivity contribution in [1.29, 1.82) is 0 Å². The fourth-order valence-corrected chi connectivity index (χ4v) is 3.03. The van der Waals surface area contributed by atoms with Gasteiger partial charge in [0, 0.05) is 5.56 Å². The van der Waals surface area contributed by atoms with Crippen molar-refractivity contribution in [2.75, 3.05) is 7.11 Å². The van der Waals surface area contributed by atoms with Gasteiger partial charge in [-0.15, -0.1) is 0 Å². The van der Waals surface area contributed by atoms with E-state index in [0.29, 0.717) is 18.1 Å². The Morgan fingerprint density at radius 3 is 2.30 bits per heavy atom. The number of benzene rings is 3. The molecule has 138 valence electrons. The van der Waals surface area contributed by atoms with Gasteiger partial charge in [-0.2, -0.15) is 0 Å². The highest BCUT2D eigenvalue weighted by molar-refractivity contribution is 5.87. The Morgan fingerprint density at radius 1 is 0.926 bits per heavy atom. The van der Waals surface area contributed by atoms with Crippen LogP contribution in [0.15, 0.2) is 66.7 Å². The normalized spacial score (nSPS) is 10.4. The van der Waals surface area contributed by atoms with Gasteiger partial charge in [0.2, 0.25) is 0 Å². The highest BCUT2D eigenvalue weighted by Crippen LogP contribution is 2.40. The van der Waals surface area contributed by atoms with Crippen LogP contribution >= 0.6 is 0 Å². The molecule has 0 amide bonds. The van der Waals surface area contributed by atoms with E-state index in [4.69, 9.17) is 14.6 Å². The van der Waals surface area contributed by atoms with Gasteiger partial charge in [0.25, 0.3) is 0 Å². The molecule has 0 aliphatic heterocycles. The van der Waals surface area contributed by atoms with Crippen molar-refractivity contribution in [3.63, 3.8) is 0 Å². The maximum atomic E-state index is 11.0. The SMILES string of the molecule is CCc1ccccc1-c1cccc(OC)c1OCc1ccc(C(=O)O)cc1. The molecule has 1 N–H and O–H groups in total. The molecule has 4 heteroatoms. The first-order chi connectivity index (χ1) is 13.1. The second-order valence-corrected chi connectivity index (χ2v) is 6.14. The zero-order valence-corrected chi connectivity index (χ0v) is 15.4. The van der Waals surface area contributed by atoms with Crippen molar-refractivity contribution < 1.29 is 19.4 Å². The van der Waals surface area contributed by atoms with Crippen molar-refractivity contribution in [1.82, 2.24) is 0 Å². The summed E-state index contributed by atoms with van der Waals surface area (Å²) in [5.41, 5.74) is 4.49. The van der Waals surface area contributed by atoms with Crippen LogP contribution in [0.4, 0.5) is 0 Å². The van der Waals surface area contributed by atoms with Gasteiger partial charge in [0.05, 0.1) is 12.7 Å². The summed E-state index contributed by atoms with van der Waals surface area (Å²) in [7, 11) is 1.62. The highest BCUT2D eigenvalue weighted by atomic mass is 16.5. The first kappa shape index (κ1) is 18.5. The van der Waals surface area contributed by atoms with Crippen molar-refractivity contribution in [2.24, 2.45) is 0 Å². The molecule has 0 aliphatic rings. The maximum absolute atomic E-state index is 11.0. The van der Waals surface area contributed by atoms with E-state index >= 15 is 0 Å². The third-order valence-corrected chi connectivity index (χ3v) is 4.47. The molecular weight excluding hydrogens is 340 g/mol. The Hall–Kier alpha value is -3.27. The molecule has 0 aliphatic carbocycles. The smallest absolute Gasteiger partial charge is 0.335 e. The highest BCUT2D eigenvalue weighted by Gasteiger charge is 2.15. The summed E-state index contributed by atoms with van der Waals surface area (Å²) in [6.07, 6.45) is 0.920. The number of carboxylic acid groups (broad SMARTS) is 1. The number of hydrogen-bond acceptors (Lipinski definition) is 3. The van der Waals surface area contributed by atoms with E-state index in [0.717, 1.165) is 23.1 Å². The average molecular weight is 362 g/mol. The Labute approximate surface area is 159 Å². The summed E-state index contributed by atoms with van der Waals surface area (Å²) in [5, 5.41) is 9.02. The quantitative estimate of drug-likeness (QED) is 0.627. The molecule has 3 aromatic carbocycles. The Bertz CT molecular complexity index is 929. The number of aryl methyl sites for hydroxylation is 1. The fraction of sp³-hybridized carbons (Fsp3) is 0.174. The summed E-state index contributed by atoms with van der Waals surface area (Å²) < 4.78 is 11.6. The summed E-state index contributed by atoms with van der Waals surface area (Å²) in [5.74, 6) is 0.412. The van der Waals surface area contributed by atoms with Gasteiger partial charge in [-0.1, -0.05) is 55.5 Å². The van der Waals surface area contributed by atoms with Gasteiger partial charge in [-0.25, -0.2) is 4.79 Å². The lowest BCUT2D eigenvalue weighted by Crippen LogP contribution is -2.01. The minimum Gasteiger partial charge on any atom is -0.493 e. The van der Waals surface area contributed by atoms with E-state index in [1.807, 2.05) is 30.3 Å². The minimum atomic E-state index is -0.939. The van der Waals surface area contributed by atoms with Gasteiger partial charge in [0.15, 0.2) is 11.5 Å². The molecule has 3 rings (SSSR count). The van der Waals surface area contributed by atoms with Crippen molar-refractivity contribution >= 4 is 5.97 Å². The summed E-state index contributed by atoms with van der Waals surface area (Å²) in [6, 6.07) is 20.8. The second kappa shape index (κ2) is 8.41. The van der Waals surface area contributed by atoms with Crippen LogP contribution in [0.5, 0.6) is 11.5 Å². The van der Waals surface area contributed by atoms with Crippen LogP contribution in [-0.2, 0) is 13.0 Å². The lowest BCUT2D eigenvalue weighted by Gasteiger charge is -2.17. The van der Waals surface area contributed by atoms with E-state index in [-0.39, 0.29) is 5.56 Å². The largest absolute Gasteiger partial charge is 0.493 e. The van der Waals surface area contributed by atoms with Crippen LogP contribution in [0.2, 0.25) is 0 Å². The minimum absolute atomic E-state index is 0.258. The predicted molar refractivity (Wildman–Crippen MR) is 106 cm³/mol. The number of ether oxygens (including phenoxy) is 2. The standard InChI is InChI=1S/C23H22O4/c1-3-17-7-4-5-8-19(17)20-9-6-10-21(26-2)22(20)27-15-16-11-13-18(14-12-16)23(24)25/h4-14H,3,15H2,1-2H3,(H,24,25). The third kappa shape index (κ3) is 4.11. The van der Waals surface area contributed by atoms with Gasteiger partial charge in [-0.3, -0.25) is 0 Å². The number of carboxylic acids is 1. The van der Waals surface area contributed by atoms with Crippen LogP contribution < -0.4 is 9.47 Å². The van der Waals surface area contributed by atoms with Crippen LogP contribution in [0.1, 0.15) is 28.4 Å². The van der Waals surface area contributed by atoms with Crippen molar-refractivity contribution in [3.05, 3.63) is 83.4 Å². The van der Waals surface area contributed by atoms with Crippen LogP contribution in [0, 0.1) is 0 Å². The van der Waals surface area contributed by atoms with E-state index in [1.54, 1.807) is 31.4 Å². The fourth-order valence-electron chi connectivity index (χ4n) is 3.03. The zero-order valence-electron chi connectivity index (χ0n) is 15.4. The molecule has 4 nitrogen and oxygen atoms in total. The summed E-state index contributed by atoms with van der Waals surface area (Å²) >= 11 is 0. The Kier molecular flexibility index (Phi) is 5.77. The number of para-hydroxylation sites is 1. The number of aromatic carboxylic acids is 1. The summed E-state index contributed by atoms with van der Waals surface area (Å²) in [6.45, 7) is 2.45. The second-order valence-electron chi connectivity index (χ2n) is 6.14. The zero-order chi connectivity index (χ0) is 19.2. The summed E-state index contributed by atoms with van der Waals surface area (Å²) in [4.78, 5) is 11.0. The van der Waals surface area contributed by atoms with E-state index in [1.165, 1.54) is 5.56 Å². The van der Waals surface area contributed by atoms with Crippen molar-refractivity contribution in [2.45, 2.75) is 20.0 Å². The molecule has 0 bridgehead atoms. The molecule has 0 aromatic heterocycles. The number of methoxy groups -OCH3 is 1. The van der Waals surface area contributed by atoms with E-state index in [9.17, 15) is 4.79 Å². The maximum Gasteiger partial charge on any atom is 0.335 e. The van der Waals surface area contributed by atoms with E-state index < -0.39 is 5.97 Å². The molecule has 0 heterocycles. The van der Waals surface area contributed by atoms with Gasteiger partial charge >= 0.3 is 5.97 Å². The van der Waals surface area contributed by atoms with Crippen LogP contribution in [0.3, 0.4) is 0 Å². The average Bonchev–Trinajstić information content (AvgIpc) is 2.72. The Balaban J connectivity index is 1.93. The lowest BCUT2D eigenvalue weighted by molar-refractivity contribution is 0.0697. The van der Waals surface area contributed by atoms with Crippen LogP contribution in [0.25, 0.3) is 11.1 Å². The predicted octanol–water partition coefficient (Wildman–Crippen LogP) is 5.20. The van der Waals surface area contributed by atoms with Crippen LogP contribution in [-0.4, -0.2) is 18.2 Å². The molecule has 0 atom stereocenters. The van der Waals surface area contributed by atoms with Gasteiger partial charge in [0.1, 0.15) is 6.61 Å². The molecule has 0 unspecified atom stereocenters. The number of carbonyl (C=O) groups is 1. The molecule has 3 aromatic rings. The molecule has 0 radical (unpaired) electrons. The monoisotopic (exact) mass is 362 g/mol. The van der Waals surface area contributed by atoms with E-state index in [2.05, 4.69) is 19.1 Å². The van der Waals surface area contributed by atoms with Gasteiger partial charge < -0.3 is 14.6 Å². The Morgan fingerprint density at radius 2 is 1.63 bits per heavy atom. The van der Waals surface area contributed by atoms with Gasteiger partial charge in [-0.05, 0) is 41.3 Å². The first-order valence-corrected chi connectivity index (χ1v) is 8.84. The topological polar surface area (TPSA) is 55.8 Å². The third-order valence-electron chi connectivity index (χ3n) is 4.47. The molecule has 0 saturated heterocycles. The van der Waals surface area contributed by atoms with Crippen molar-refractivity contribution in [3.8, 4) is 22.6 Å². The molecule has 0 saturated carbocycles. The molecule has 0 spiro atoms. The molecule has 27 heavy (non-hydrogen) atoms.